The summed E-state index contributed by atoms with van der Waals surface area (Å²) < 4.78 is 1.87. The van der Waals surface area contributed by atoms with Gasteiger partial charge in [-0.05, 0) is 0 Å². The van der Waals surface area contributed by atoms with Crippen molar-refractivity contribution >= 4 is 18.0 Å². The molecule has 1 aromatic heterocycles. The first-order valence-corrected chi connectivity index (χ1v) is 5.46. The minimum absolute atomic E-state index is 0.395. The number of anilines is 1. The van der Waals surface area contributed by atoms with Gasteiger partial charge >= 0.3 is 0 Å². The molecule has 0 aromatic carbocycles. The van der Waals surface area contributed by atoms with Gasteiger partial charge in [0, 0.05) is 21.1 Å². The average Bonchev–Trinajstić information content (AvgIpc) is 2.69. The zero-order valence-electron chi connectivity index (χ0n) is 10.9. The van der Waals surface area contributed by atoms with Crippen LogP contribution >= 0.6 is 0 Å². The zero-order valence-corrected chi connectivity index (χ0v) is 10.9. The lowest BCUT2D eigenvalue weighted by Crippen LogP contribution is -2.33. The molecular weight excluding hydrogens is 234 g/mol. The van der Waals surface area contributed by atoms with E-state index in [1.165, 1.54) is 7.11 Å². The van der Waals surface area contributed by atoms with Crippen LogP contribution in [0.4, 0.5) is 5.82 Å². The fourth-order valence-electron chi connectivity index (χ4n) is 1.55. The Hall–Kier alpha value is -2.09. The van der Waals surface area contributed by atoms with Crippen molar-refractivity contribution in [3.05, 3.63) is 12.0 Å². The van der Waals surface area contributed by atoms with Crippen molar-refractivity contribution in [1.82, 2.24) is 19.9 Å². The molecule has 0 radical (unpaired) electrons. The van der Waals surface area contributed by atoms with Crippen molar-refractivity contribution in [3.8, 4) is 0 Å². The van der Waals surface area contributed by atoms with Gasteiger partial charge in [0.15, 0.2) is 5.84 Å². The van der Waals surface area contributed by atoms with Crippen LogP contribution < -0.4 is 10.8 Å². The molecule has 2 N–H and O–H groups in total. The van der Waals surface area contributed by atoms with Gasteiger partial charge in [0.1, 0.15) is 11.5 Å². The summed E-state index contributed by atoms with van der Waals surface area (Å²) in [7, 11) is 7.24. The van der Waals surface area contributed by atoms with Crippen LogP contribution in [0.15, 0.2) is 16.3 Å². The number of amidine groups is 1. The van der Waals surface area contributed by atoms with Gasteiger partial charge in [-0.3, -0.25) is 4.84 Å². The van der Waals surface area contributed by atoms with Crippen molar-refractivity contribution < 1.29 is 4.84 Å². The number of nitrogens with zero attached hydrogens (tertiary/aromatic N) is 5. The van der Waals surface area contributed by atoms with Crippen LogP contribution in [0.25, 0.3) is 0 Å². The van der Waals surface area contributed by atoms with E-state index in [1.54, 1.807) is 12.7 Å². The second kappa shape index (κ2) is 5.05. The molecule has 98 valence electrons. The summed E-state index contributed by atoms with van der Waals surface area (Å²) in [5, 5.41) is 3.18. The van der Waals surface area contributed by atoms with Crippen molar-refractivity contribution in [2.45, 2.75) is 6.29 Å². The fourth-order valence-corrected chi connectivity index (χ4v) is 1.55. The summed E-state index contributed by atoms with van der Waals surface area (Å²) in [5.41, 5.74) is 3.44. The lowest BCUT2D eigenvalue weighted by atomic mass is 10.3. The van der Waals surface area contributed by atoms with Crippen LogP contribution in [-0.2, 0) is 11.9 Å². The van der Waals surface area contributed by atoms with Gasteiger partial charge in [0.25, 0.3) is 0 Å². The highest BCUT2D eigenvalue weighted by Crippen LogP contribution is 2.20. The third-order valence-electron chi connectivity index (χ3n) is 2.32. The van der Waals surface area contributed by atoms with Gasteiger partial charge in [-0.25, -0.2) is 20.4 Å². The highest BCUT2D eigenvalue weighted by atomic mass is 16.6. The number of aliphatic imine (C=N–C) groups is 2. The van der Waals surface area contributed by atoms with E-state index >= 15 is 0 Å². The quantitative estimate of drug-likeness (QED) is 0.435. The molecule has 18 heavy (non-hydrogen) atoms. The number of fused-ring (bicyclic) bond motifs is 1. The van der Waals surface area contributed by atoms with Gasteiger partial charge < -0.3 is 14.8 Å². The third-order valence-corrected chi connectivity index (χ3v) is 2.32. The van der Waals surface area contributed by atoms with Crippen LogP contribution in [0.5, 0.6) is 0 Å². The maximum absolute atomic E-state index is 4.90. The molecule has 0 bridgehead atoms. The van der Waals surface area contributed by atoms with Crippen LogP contribution in [0.1, 0.15) is 5.69 Å². The topological polar surface area (TPSA) is 79.1 Å². The molecule has 0 saturated heterocycles. The first kappa shape index (κ1) is 12.4. The molecule has 0 saturated carbocycles. The third kappa shape index (κ3) is 2.43. The lowest BCUT2D eigenvalue weighted by molar-refractivity contribution is 0.144. The Balaban J connectivity index is 2.28. The molecule has 0 amide bonds. The fraction of sp³-hybridized carbons (Fsp3) is 0.500. The highest BCUT2D eigenvalue weighted by molar-refractivity contribution is 6.02. The number of rotatable bonds is 3. The van der Waals surface area contributed by atoms with Gasteiger partial charge in [-0.2, -0.15) is 0 Å². The number of nitrogens with one attached hydrogen (secondary N) is 2. The molecule has 0 fully saturated rings. The van der Waals surface area contributed by atoms with Crippen molar-refractivity contribution in [2.24, 2.45) is 17.0 Å². The number of hydrogen-bond acceptors (Lipinski definition) is 6. The minimum atomic E-state index is -0.395. The Kier molecular flexibility index (Phi) is 3.47. The molecule has 1 aliphatic heterocycles. The zero-order chi connectivity index (χ0) is 13.1. The number of hydroxylamine groups is 1. The molecule has 2 heterocycles. The molecule has 8 heteroatoms. The highest BCUT2D eigenvalue weighted by Gasteiger charge is 2.23. The summed E-state index contributed by atoms with van der Waals surface area (Å²) in [4.78, 5) is 19.7. The Morgan fingerprint density at radius 1 is 1.61 bits per heavy atom. The van der Waals surface area contributed by atoms with Gasteiger partial charge in [-0.15, -0.1) is 0 Å². The molecule has 1 unspecified atom stereocenters. The smallest absolute Gasteiger partial charge is 0.218 e. The van der Waals surface area contributed by atoms with Gasteiger partial charge in [-0.1, -0.05) is 0 Å². The normalized spacial score (nSPS) is 18.2. The molecule has 1 aromatic rings. The Bertz CT molecular complexity index is 477. The standard InChI is InChI=1S/C10H17N7O/c1-16(2)5-12-10-13-8(15-18-4)7-9(14-10)17(3)6-11-7/h5-6,10,14H,1-4H3,(H,13,15). The first-order valence-electron chi connectivity index (χ1n) is 5.46. The summed E-state index contributed by atoms with van der Waals surface area (Å²) in [6.07, 6.45) is 3.02. The van der Waals surface area contributed by atoms with Crippen molar-refractivity contribution in [3.63, 3.8) is 0 Å². The van der Waals surface area contributed by atoms with Crippen LogP contribution in [0, 0.1) is 0 Å². The Morgan fingerprint density at radius 3 is 3.06 bits per heavy atom. The molecule has 0 aliphatic carbocycles. The van der Waals surface area contributed by atoms with Gasteiger partial charge in [0.05, 0.1) is 19.8 Å². The summed E-state index contributed by atoms with van der Waals surface area (Å²) in [6.45, 7) is 0. The number of aromatic nitrogens is 2. The van der Waals surface area contributed by atoms with Crippen LogP contribution in [0.3, 0.4) is 0 Å². The number of imidazole rings is 1. The maximum atomic E-state index is 4.90. The Labute approximate surface area is 105 Å². The second-order valence-corrected chi connectivity index (χ2v) is 4.08. The van der Waals surface area contributed by atoms with E-state index in [0.717, 1.165) is 11.5 Å². The maximum Gasteiger partial charge on any atom is 0.218 e. The molecule has 1 aliphatic rings. The monoisotopic (exact) mass is 251 g/mol. The molecule has 1 atom stereocenters. The second-order valence-electron chi connectivity index (χ2n) is 4.08. The lowest BCUT2D eigenvalue weighted by Gasteiger charge is -2.21. The van der Waals surface area contributed by atoms with E-state index in [4.69, 9.17) is 4.84 Å². The van der Waals surface area contributed by atoms with E-state index in [1.807, 2.05) is 30.6 Å². The molecule has 2 rings (SSSR count). The predicted octanol–water partition coefficient (Wildman–Crippen LogP) is -0.383. The van der Waals surface area contributed by atoms with Crippen molar-refractivity contribution in [1.29, 1.82) is 0 Å². The number of aryl methyl sites for hydroxylation is 1. The van der Waals surface area contributed by atoms with Gasteiger partial charge in [0.2, 0.25) is 6.29 Å². The molecular formula is C10H17N7O. The Morgan fingerprint density at radius 2 is 2.39 bits per heavy atom. The van der Waals surface area contributed by atoms with E-state index in [2.05, 4.69) is 25.8 Å². The largest absolute Gasteiger partial charge is 0.369 e. The molecule has 8 nitrogen and oxygen atoms in total. The van der Waals surface area contributed by atoms with Crippen molar-refractivity contribution in [2.75, 3.05) is 26.5 Å². The number of hydrogen-bond donors (Lipinski definition) is 2. The summed E-state index contributed by atoms with van der Waals surface area (Å²) in [5.74, 6) is 1.42. The van der Waals surface area contributed by atoms with E-state index in [-0.39, 0.29) is 0 Å². The molecule has 0 spiro atoms. The van der Waals surface area contributed by atoms with Crippen LogP contribution in [0.2, 0.25) is 0 Å². The van der Waals surface area contributed by atoms with E-state index in [0.29, 0.717) is 5.84 Å². The van der Waals surface area contributed by atoms with E-state index in [9.17, 15) is 0 Å². The summed E-state index contributed by atoms with van der Waals surface area (Å²) >= 11 is 0. The average molecular weight is 251 g/mol. The SMILES string of the molecule is CONC1=NC(N=CN(C)C)Nc2c1ncn2C. The first-order chi connectivity index (χ1) is 8.61. The van der Waals surface area contributed by atoms with Crippen LogP contribution in [-0.4, -0.2) is 54.1 Å². The summed E-state index contributed by atoms with van der Waals surface area (Å²) in [6, 6.07) is 0. The minimum Gasteiger partial charge on any atom is -0.369 e. The van der Waals surface area contributed by atoms with E-state index < -0.39 is 6.29 Å². The predicted molar refractivity (Wildman–Crippen MR) is 69.5 cm³/mol.